The zero-order valence-corrected chi connectivity index (χ0v) is 15.5. The summed E-state index contributed by atoms with van der Waals surface area (Å²) in [6.45, 7) is 8.03. The van der Waals surface area contributed by atoms with Crippen LogP contribution in [0.1, 0.15) is 32.1 Å². The summed E-state index contributed by atoms with van der Waals surface area (Å²) < 4.78 is 6.01. The highest BCUT2D eigenvalue weighted by molar-refractivity contribution is 5.85. The van der Waals surface area contributed by atoms with Crippen molar-refractivity contribution < 1.29 is 9.53 Å². The first-order valence-corrected chi connectivity index (χ1v) is 8.66. The van der Waals surface area contributed by atoms with E-state index >= 15 is 0 Å². The van der Waals surface area contributed by atoms with E-state index < -0.39 is 0 Å². The van der Waals surface area contributed by atoms with Gasteiger partial charge in [0.1, 0.15) is 0 Å². The Labute approximate surface area is 152 Å². The van der Waals surface area contributed by atoms with Gasteiger partial charge in [-0.05, 0) is 51.7 Å². The number of carbonyl (C=O) groups excluding carboxylic acids is 1. The Bertz CT molecular complexity index is 340. The molecule has 0 saturated carbocycles. The molecule has 0 spiro atoms. The van der Waals surface area contributed by atoms with E-state index in [1.807, 2.05) is 0 Å². The number of nitrogens with one attached hydrogen (secondary N) is 1. The standard InChI is InChI=1S/C16H29N3O2.2ClH/c20-16(14-3-6-17-13-14)19-9-4-15(5-10-19)21-12-11-18-7-1-2-8-18;;/h14-15,17H,1-13H2;2*1H. The number of amides is 1. The van der Waals surface area contributed by atoms with E-state index in [1.54, 1.807) is 0 Å². The largest absolute Gasteiger partial charge is 0.377 e. The lowest BCUT2D eigenvalue weighted by Gasteiger charge is -2.33. The first kappa shape index (κ1) is 21.0. The van der Waals surface area contributed by atoms with E-state index in [-0.39, 0.29) is 30.7 Å². The highest BCUT2D eigenvalue weighted by Crippen LogP contribution is 2.18. The predicted molar refractivity (Wildman–Crippen MR) is 96.7 cm³/mol. The van der Waals surface area contributed by atoms with Crippen molar-refractivity contribution in [1.29, 1.82) is 0 Å². The van der Waals surface area contributed by atoms with E-state index in [0.717, 1.165) is 58.6 Å². The van der Waals surface area contributed by atoms with Crippen LogP contribution in [-0.4, -0.2) is 74.2 Å². The Kier molecular flexibility index (Phi) is 9.78. The zero-order chi connectivity index (χ0) is 14.5. The lowest BCUT2D eigenvalue weighted by atomic mass is 10.0. The molecule has 0 bridgehead atoms. The van der Waals surface area contributed by atoms with Crippen molar-refractivity contribution in [2.45, 2.75) is 38.2 Å². The number of nitrogens with zero attached hydrogens (tertiary/aromatic N) is 2. The van der Waals surface area contributed by atoms with Gasteiger partial charge in [-0.1, -0.05) is 0 Å². The molecule has 1 atom stereocenters. The maximum atomic E-state index is 12.3. The molecule has 0 aliphatic carbocycles. The molecular formula is C16H31Cl2N3O2. The number of rotatable bonds is 5. The van der Waals surface area contributed by atoms with Crippen LogP contribution in [0.4, 0.5) is 0 Å². The molecular weight excluding hydrogens is 337 g/mol. The van der Waals surface area contributed by atoms with Gasteiger partial charge in [0.05, 0.1) is 18.6 Å². The molecule has 3 heterocycles. The number of piperidine rings is 1. The second kappa shape index (κ2) is 10.7. The summed E-state index contributed by atoms with van der Waals surface area (Å²) in [5, 5.41) is 3.28. The van der Waals surface area contributed by atoms with Crippen LogP contribution in [0, 0.1) is 5.92 Å². The highest BCUT2D eigenvalue weighted by atomic mass is 35.5. The molecule has 3 fully saturated rings. The molecule has 3 rings (SSSR count). The molecule has 7 heteroatoms. The van der Waals surface area contributed by atoms with Crippen molar-refractivity contribution in [3.05, 3.63) is 0 Å². The number of ether oxygens (including phenoxy) is 1. The van der Waals surface area contributed by atoms with E-state index in [0.29, 0.717) is 12.0 Å². The Hall–Kier alpha value is -0.0700. The summed E-state index contributed by atoms with van der Waals surface area (Å²) in [5.41, 5.74) is 0. The van der Waals surface area contributed by atoms with Crippen molar-refractivity contribution in [3.63, 3.8) is 0 Å². The van der Waals surface area contributed by atoms with Crippen molar-refractivity contribution in [3.8, 4) is 0 Å². The monoisotopic (exact) mass is 367 g/mol. The van der Waals surface area contributed by atoms with Gasteiger partial charge < -0.3 is 19.9 Å². The quantitative estimate of drug-likeness (QED) is 0.800. The normalized spacial score (nSPS) is 25.9. The number of halogens is 2. The maximum absolute atomic E-state index is 12.3. The van der Waals surface area contributed by atoms with Gasteiger partial charge in [-0.25, -0.2) is 0 Å². The maximum Gasteiger partial charge on any atom is 0.227 e. The van der Waals surface area contributed by atoms with Crippen molar-refractivity contribution in [2.75, 3.05) is 52.4 Å². The summed E-state index contributed by atoms with van der Waals surface area (Å²) in [6.07, 6.45) is 6.06. The Morgan fingerprint density at radius 3 is 2.35 bits per heavy atom. The van der Waals surface area contributed by atoms with Gasteiger partial charge in [-0.2, -0.15) is 0 Å². The van der Waals surface area contributed by atoms with Gasteiger partial charge in [0.25, 0.3) is 0 Å². The Morgan fingerprint density at radius 1 is 1.04 bits per heavy atom. The first-order chi connectivity index (χ1) is 10.3. The average Bonchev–Trinajstić information content (AvgIpc) is 3.21. The summed E-state index contributed by atoms with van der Waals surface area (Å²) in [6, 6.07) is 0. The summed E-state index contributed by atoms with van der Waals surface area (Å²) >= 11 is 0. The minimum Gasteiger partial charge on any atom is -0.377 e. The molecule has 3 aliphatic heterocycles. The van der Waals surface area contributed by atoms with Gasteiger partial charge in [0, 0.05) is 26.2 Å². The van der Waals surface area contributed by atoms with Crippen LogP contribution in [-0.2, 0) is 9.53 Å². The second-order valence-electron chi connectivity index (χ2n) is 6.63. The minimum absolute atomic E-state index is 0. The molecule has 1 amide bonds. The van der Waals surface area contributed by atoms with Crippen LogP contribution >= 0.6 is 24.8 Å². The predicted octanol–water partition coefficient (Wildman–Crippen LogP) is 1.54. The highest BCUT2D eigenvalue weighted by Gasteiger charge is 2.30. The summed E-state index contributed by atoms with van der Waals surface area (Å²) in [5.74, 6) is 0.577. The van der Waals surface area contributed by atoms with Crippen molar-refractivity contribution in [1.82, 2.24) is 15.1 Å². The lowest BCUT2D eigenvalue weighted by molar-refractivity contribution is -0.137. The first-order valence-electron chi connectivity index (χ1n) is 8.66. The molecule has 3 saturated heterocycles. The van der Waals surface area contributed by atoms with E-state index in [2.05, 4.69) is 15.1 Å². The van der Waals surface area contributed by atoms with Crippen LogP contribution in [0.3, 0.4) is 0 Å². The van der Waals surface area contributed by atoms with Gasteiger partial charge in [-0.15, -0.1) is 24.8 Å². The van der Waals surface area contributed by atoms with Crippen LogP contribution < -0.4 is 5.32 Å². The van der Waals surface area contributed by atoms with E-state index in [4.69, 9.17) is 4.74 Å². The molecule has 136 valence electrons. The van der Waals surface area contributed by atoms with E-state index in [9.17, 15) is 4.79 Å². The molecule has 3 aliphatic rings. The van der Waals surface area contributed by atoms with Crippen LogP contribution in [0.25, 0.3) is 0 Å². The van der Waals surface area contributed by atoms with Crippen LogP contribution in [0.15, 0.2) is 0 Å². The number of hydrogen-bond acceptors (Lipinski definition) is 4. The third-order valence-electron chi connectivity index (χ3n) is 5.12. The topological polar surface area (TPSA) is 44.8 Å². The fourth-order valence-corrected chi connectivity index (χ4v) is 3.72. The average molecular weight is 368 g/mol. The number of carbonyl (C=O) groups is 1. The third kappa shape index (κ3) is 6.05. The Balaban J connectivity index is 0.00000132. The zero-order valence-electron chi connectivity index (χ0n) is 13.9. The fourth-order valence-electron chi connectivity index (χ4n) is 3.72. The van der Waals surface area contributed by atoms with Crippen molar-refractivity contribution in [2.24, 2.45) is 5.92 Å². The SMILES string of the molecule is Cl.Cl.O=C(C1CCNC1)N1CCC(OCCN2CCCC2)CC1. The summed E-state index contributed by atoms with van der Waals surface area (Å²) in [7, 11) is 0. The number of likely N-dealkylation sites (tertiary alicyclic amines) is 2. The lowest BCUT2D eigenvalue weighted by Crippen LogP contribution is -2.44. The molecule has 0 aromatic rings. The van der Waals surface area contributed by atoms with Gasteiger partial charge >= 0.3 is 0 Å². The van der Waals surface area contributed by atoms with Crippen molar-refractivity contribution >= 4 is 30.7 Å². The molecule has 1 unspecified atom stereocenters. The molecule has 0 aromatic heterocycles. The van der Waals surface area contributed by atoms with Gasteiger partial charge in [0.15, 0.2) is 0 Å². The molecule has 0 radical (unpaired) electrons. The smallest absolute Gasteiger partial charge is 0.227 e. The number of hydrogen-bond donors (Lipinski definition) is 1. The molecule has 1 N–H and O–H groups in total. The van der Waals surface area contributed by atoms with E-state index in [1.165, 1.54) is 25.9 Å². The molecule has 5 nitrogen and oxygen atoms in total. The fraction of sp³-hybridized carbons (Fsp3) is 0.938. The van der Waals surface area contributed by atoms with Gasteiger partial charge in [-0.3, -0.25) is 4.79 Å². The Morgan fingerprint density at radius 2 is 1.74 bits per heavy atom. The minimum atomic E-state index is 0. The third-order valence-corrected chi connectivity index (χ3v) is 5.12. The van der Waals surface area contributed by atoms with Crippen LogP contribution in [0.5, 0.6) is 0 Å². The van der Waals surface area contributed by atoms with Crippen LogP contribution in [0.2, 0.25) is 0 Å². The summed E-state index contributed by atoms with van der Waals surface area (Å²) in [4.78, 5) is 16.9. The molecule has 23 heavy (non-hydrogen) atoms. The second-order valence-corrected chi connectivity index (χ2v) is 6.63. The van der Waals surface area contributed by atoms with Gasteiger partial charge in [0.2, 0.25) is 5.91 Å². The molecule has 0 aromatic carbocycles.